The first-order valence-corrected chi connectivity index (χ1v) is 6.40. The predicted molar refractivity (Wildman–Crippen MR) is 75.8 cm³/mol. The van der Waals surface area contributed by atoms with Crippen LogP contribution in [0, 0.1) is 0 Å². The van der Waals surface area contributed by atoms with E-state index in [1.807, 2.05) is 31.2 Å². The third-order valence-electron chi connectivity index (χ3n) is 3.25. The van der Waals surface area contributed by atoms with E-state index < -0.39 is 5.97 Å². The number of hydrogen-bond donors (Lipinski definition) is 1. The van der Waals surface area contributed by atoms with Gasteiger partial charge in [-0.15, -0.1) is 0 Å². The van der Waals surface area contributed by atoms with Gasteiger partial charge in [-0.25, -0.2) is 4.79 Å². The van der Waals surface area contributed by atoms with Gasteiger partial charge in [-0.05, 0) is 31.0 Å². The first-order chi connectivity index (χ1) is 9.51. The van der Waals surface area contributed by atoms with Crippen LogP contribution in [0.5, 0.6) is 0 Å². The highest BCUT2D eigenvalue weighted by molar-refractivity contribution is 5.87. The minimum atomic E-state index is -1.02. The normalized spacial score (nSPS) is 12.3. The molecule has 1 N–H and O–H groups in total. The van der Waals surface area contributed by atoms with E-state index in [-0.39, 0.29) is 11.8 Å². The highest BCUT2D eigenvalue weighted by atomic mass is 16.5. The largest absolute Gasteiger partial charge is 0.476 e. The smallest absolute Gasteiger partial charge is 0.356 e. The summed E-state index contributed by atoms with van der Waals surface area (Å²) in [5.41, 5.74) is 2.94. The van der Waals surface area contributed by atoms with E-state index in [2.05, 4.69) is 5.10 Å². The average molecular weight is 274 g/mol. The fourth-order valence-corrected chi connectivity index (χ4v) is 2.11. The third-order valence-corrected chi connectivity index (χ3v) is 3.25. The zero-order valence-corrected chi connectivity index (χ0v) is 11.8. The van der Waals surface area contributed by atoms with E-state index in [1.54, 1.807) is 24.9 Å². The highest BCUT2D eigenvalue weighted by Crippen LogP contribution is 2.22. The molecule has 0 radical (unpaired) electrons. The number of carboxylic acid groups (broad SMARTS) is 1. The summed E-state index contributed by atoms with van der Waals surface area (Å²) in [5.74, 6) is -1.02. The van der Waals surface area contributed by atoms with E-state index in [0.29, 0.717) is 0 Å². The van der Waals surface area contributed by atoms with Crippen molar-refractivity contribution in [2.75, 3.05) is 7.11 Å². The summed E-state index contributed by atoms with van der Waals surface area (Å²) < 4.78 is 6.85. The molecule has 0 bridgehead atoms. The molecule has 0 aliphatic heterocycles. The number of rotatable bonds is 5. The number of carboxylic acids is 1. The van der Waals surface area contributed by atoms with Crippen LogP contribution >= 0.6 is 0 Å². The van der Waals surface area contributed by atoms with Crippen molar-refractivity contribution in [2.24, 2.45) is 7.05 Å². The maximum Gasteiger partial charge on any atom is 0.356 e. The van der Waals surface area contributed by atoms with E-state index in [0.717, 1.165) is 23.2 Å². The lowest BCUT2D eigenvalue weighted by atomic mass is 10.0. The molecule has 5 nitrogen and oxygen atoms in total. The van der Waals surface area contributed by atoms with Gasteiger partial charge in [0.15, 0.2) is 5.69 Å². The van der Waals surface area contributed by atoms with Gasteiger partial charge in [0, 0.05) is 19.7 Å². The van der Waals surface area contributed by atoms with Crippen LogP contribution in [-0.2, 0) is 18.2 Å². The molecule has 0 saturated heterocycles. The molecule has 0 saturated carbocycles. The fourth-order valence-electron chi connectivity index (χ4n) is 2.11. The standard InChI is InChI=1S/C15H18N2O3/c1-10(20-3)7-11-5-4-6-12(8-11)14-9-13(15(18)19)16-17(14)2/h4-6,8-10H,7H2,1-3H3,(H,18,19). The van der Waals surface area contributed by atoms with E-state index >= 15 is 0 Å². The minimum Gasteiger partial charge on any atom is -0.476 e. The van der Waals surface area contributed by atoms with Crippen LogP contribution in [0.25, 0.3) is 11.3 Å². The molecule has 1 aromatic carbocycles. The molecule has 0 amide bonds. The molecule has 20 heavy (non-hydrogen) atoms. The van der Waals surface area contributed by atoms with E-state index in [1.165, 1.54) is 0 Å². The number of benzene rings is 1. The van der Waals surface area contributed by atoms with E-state index in [9.17, 15) is 4.79 Å². The summed E-state index contributed by atoms with van der Waals surface area (Å²) in [5, 5.41) is 13.0. The quantitative estimate of drug-likeness (QED) is 0.909. The molecular weight excluding hydrogens is 256 g/mol. The van der Waals surface area contributed by atoms with Gasteiger partial charge in [0.2, 0.25) is 0 Å². The van der Waals surface area contributed by atoms with Crippen LogP contribution in [0.4, 0.5) is 0 Å². The Morgan fingerprint density at radius 2 is 2.20 bits per heavy atom. The lowest BCUT2D eigenvalue weighted by molar-refractivity contribution is 0.0689. The monoisotopic (exact) mass is 274 g/mol. The van der Waals surface area contributed by atoms with Crippen molar-refractivity contribution < 1.29 is 14.6 Å². The van der Waals surface area contributed by atoms with Gasteiger partial charge in [0.05, 0.1) is 11.8 Å². The summed E-state index contributed by atoms with van der Waals surface area (Å²) in [4.78, 5) is 11.0. The van der Waals surface area contributed by atoms with Gasteiger partial charge in [0.1, 0.15) is 0 Å². The van der Waals surface area contributed by atoms with Crippen molar-refractivity contribution in [2.45, 2.75) is 19.4 Å². The van der Waals surface area contributed by atoms with Crippen LogP contribution < -0.4 is 0 Å². The minimum absolute atomic E-state index is 0.0539. The highest BCUT2D eigenvalue weighted by Gasteiger charge is 2.13. The average Bonchev–Trinajstić information content (AvgIpc) is 2.81. The molecule has 2 aromatic rings. The first kappa shape index (κ1) is 14.3. The first-order valence-electron chi connectivity index (χ1n) is 6.40. The molecule has 1 unspecified atom stereocenters. The molecule has 5 heteroatoms. The number of hydrogen-bond acceptors (Lipinski definition) is 3. The Morgan fingerprint density at radius 1 is 1.45 bits per heavy atom. The summed E-state index contributed by atoms with van der Waals surface area (Å²) in [7, 11) is 3.43. The molecule has 0 spiro atoms. The number of carbonyl (C=O) groups is 1. The zero-order valence-electron chi connectivity index (χ0n) is 11.8. The molecule has 0 fully saturated rings. The predicted octanol–water partition coefficient (Wildman–Crippen LogP) is 2.36. The van der Waals surface area contributed by atoms with Crippen LogP contribution in [0.1, 0.15) is 23.0 Å². The maximum atomic E-state index is 11.0. The Labute approximate surface area is 117 Å². The van der Waals surface area contributed by atoms with Crippen LogP contribution in [0.15, 0.2) is 30.3 Å². The van der Waals surface area contributed by atoms with Gasteiger partial charge < -0.3 is 9.84 Å². The second-order valence-electron chi connectivity index (χ2n) is 4.79. The molecule has 0 aliphatic carbocycles. The number of nitrogens with zero attached hydrogens (tertiary/aromatic N) is 2. The second-order valence-corrected chi connectivity index (χ2v) is 4.79. The van der Waals surface area contributed by atoms with Gasteiger partial charge >= 0.3 is 5.97 Å². The van der Waals surface area contributed by atoms with Gasteiger partial charge in [-0.1, -0.05) is 18.2 Å². The lowest BCUT2D eigenvalue weighted by Gasteiger charge is -2.10. The molecule has 106 valence electrons. The van der Waals surface area contributed by atoms with Crippen LogP contribution in [-0.4, -0.2) is 34.1 Å². The fraction of sp³-hybridized carbons (Fsp3) is 0.333. The molecule has 2 rings (SSSR count). The summed E-state index contributed by atoms with van der Waals surface area (Å²) in [6.07, 6.45) is 0.958. The maximum absolute atomic E-state index is 11.0. The summed E-state index contributed by atoms with van der Waals surface area (Å²) in [6, 6.07) is 9.57. The Kier molecular flexibility index (Phi) is 4.20. The van der Waals surface area contributed by atoms with Crippen molar-refractivity contribution in [1.29, 1.82) is 0 Å². The van der Waals surface area contributed by atoms with Gasteiger partial charge in [0.25, 0.3) is 0 Å². The SMILES string of the molecule is COC(C)Cc1cccc(-c2cc(C(=O)O)nn2C)c1. The van der Waals surface area contributed by atoms with Crippen LogP contribution in [0.2, 0.25) is 0 Å². The van der Waals surface area contributed by atoms with Gasteiger partial charge in [-0.2, -0.15) is 5.10 Å². The number of aryl methyl sites for hydroxylation is 1. The number of methoxy groups -OCH3 is 1. The van der Waals surface area contributed by atoms with Crippen molar-refractivity contribution in [3.8, 4) is 11.3 Å². The molecule has 1 aromatic heterocycles. The molecule has 1 atom stereocenters. The van der Waals surface area contributed by atoms with Gasteiger partial charge in [-0.3, -0.25) is 4.68 Å². The van der Waals surface area contributed by atoms with Crippen molar-refractivity contribution in [1.82, 2.24) is 9.78 Å². The molecular formula is C15H18N2O3. The van der Waals surface area contributed by atoms with Crippen molar-refractivity contribution in [3.05, 3.63) is 41.6 Å². The summed E-state index contributed by atoms with van der Waals surface area (Å²) >= 11 is 0. The Bertz CT molecular complexity index is 619. The molecule has 0 aliphatic rings. The number of ether oxygens (including phenoxy) is 1. The Hall–Kier alpha value is -2.14. The van der Waals surface area contributed by atoms with Crippen molar-refractivity contribution >= 4 is 5.97 Å². The number of aromatic nitrogens is 2. The Morgan fingerprint density at radius 3 is 2.80 bits per heavy atom. The molecule has 1 heterocycles. The lowest BCUT2D eigenvalue weighted by Crippen LogP contribution is -2.08. The van der Waals surface area contributed by atoms with E-state index in [4.69, 9.17) is 9.84 Å². The Balaban J connectivity index is 2.33. The topological polar surface area (TPSA) is 64.3 Å². The van der Waals surface area contributed by atoms with Crippen molar-refractivity contribution in [3.63, 3.8) is 0 Å². The number of aromatic carboxylic acids is 1. The second kappa shape index (κ2) is 5.88. The zero-order chi connectivity index (χ0) is 14.7. The van der Waals surface area contributed by atoms with Crippen LogP contribution in [0.3, 0.4) is 0 Å². The summed E-state index contributed by atoms with van der Waals surface area (Å²) in [6.45, 7) is 2.01. The third kappa shape index (κ3) is 3.05.